The Hall–Kier alpha value is -0.120. The summed E-state index contributed by atoms with van der Waals surface area (Å²) in [5, 5.41) is 0. The lowest BCUT2D eigenvalue weighted by atomic mass is 9.86. The maximum Gasteiger partial charge on any atom is 0.126 e. The SMILES string of the molecule is CC(C)(C)c1cc(CI)ccc1F. The largest absolute Gasteiger partial charge is 0.207 e. The van der Waals surface area contributed by atoms with E-state index in [0.29, 0.717) is 0 Å². The molecule has 1 aromatic carbocycles. The Morgan fingerprint density at radius 1 is 1.31 bits per heavy atom. The molecule has 0 aliphatic heterocycles. The molecule has 0 aliphatic rings. The molecule has 0 radical (unpaired) electrons. The van der Waals surface area contributed by atoms with Gasteiger partial charge in [-0.2, -0.15) is 0 Å². The average molecular weight is 292 g/mol. The van der Waals surface area contributed by atoms with Crippen molar-refractivity contribution in [3.8, 4) is 0 Å². The molecule has 1 aromatic rings. The van der Waals surface area contributed by atoms with Gasteiger partial charge in [-0.3, -0.25) is 0 Å². The lowest BCUT2D eigenvalue weighted by Crippen LogP contribution is -2.13. The van der Waals surface area contributed by atoms with E-state index >= 15 is 0 Å². The summed E-state index contributed by atoms with van der Waals surface area (Å²) in [5.74, 6) is -0.0962. The minimum Gasteiger partial charge on any atom is -0.207 e. The van der Waals surface area contributed by atoms with E-state index in [1.165, 1.54) is 5.56 Å². The van der Waals surface area contributed by atoms with E-state index in [0.717, 1.165) is 9.99 Å². The zero-order chi connectivity index (χ0) is 10.1. The molecule has 0 unspecified atom stereocenters. The maximum atomic E-state index is 13.4. The van der Waals surface area contributed by atoms with E-state index in [1.807, 2.05) is 32.9 Å². The van der Waals surface area contributed by atoms with Crippen LogP contribution < -0.4 is 0 Å². The second-order valence-electron chi connectivity index (χ2n) is 4.20. The molecular weight excluding hydrogens is 278 g/mol. The first-order chi connectivity index (χ1) is 5.95. The summed E-state index contributed by atoms with van der Waals surface area (Å²) < 4.78 is 14.3. The van der Waals surface area contributed by atoms with Crippen LogP contribution in [0.5, 0.6) is 0 Å². The first kappa shape index (κ1) is 11.0. The van der Waals surface area contributed by atoms with Crippen LogP contribution in [0.15, 0.2) is 18.2 Å². The summed E-state index contributed by atoms with van der Waals surface area (Å²) in [5.41, 5.74) is 1.89. The van der Waals surface area contributed by atoms with Crippen LogP contribution in [0.4, 0.5) is 4.39 Å². The van der Waals surface area contributed by atoms with E-state index in [9.17, 15) is 4.39 Å². The molecule has 0 heterocycles. The maximum absolute atomic E-state index is 13.4. The van der Waals surface area contributed by atoms with Crippen molar-refractivity contribution in [1.29, 1.82) is 0 Å². The molecule has 2 heteroatoms. The fourth-order valence-corrected chi connectivity index (χ4v) is 1.70. The van der Waals surface area contributed by atoms with Gasteiger partial charge in [0.15, 0.2) is 0 Å². The third-order valence-electron chi connectivity index (χ3n) is 1.99. The molecule has 0 aromatic heterocycles. The van der Waals surface area contributed by atoms with Crippen LogP contribution in [0.1, 0.15) is 31.9 Å². The summed E-state index contributed by atoms with van der Waals surface area (Å²) in [6.45, 7) is 6.09. The highest BCUT2D eigenvalue weighted by Crippen LogP contribution is 2.26. The van der Waals surface area contributed by atoms with Gasteiger partial charge in [-0.15, -0.1) is 0 Å². The molecule has 0 saturated carbocycles. The van der Waals surface area contributed by atoms with Gasteiger partial charge >= 0.3 is 0 Å². The second-order valence-corrected chi connectivity index (χ2v) is 4.96. The number of hydrogen-bond acceptors (Lipinski definition) is 0. The highest BCUT2D eigenvalue weighted by molar-refractivity contribution is 14.1. The van der Waals surface area contributed by atoms with E-state index in [2.05, 4.69) is 22.6 Å². The van der Waals surface area contributed by atoms with E-state index in [1.54, 1.807) is 6.07 Å². The van der Waals surface area contributed by atoms with E-state index in [-0.39, 0.29) is 11.2 Å². The third kappa shape index (κ3) is 2.66. The average Bonchev–Trinajstić information content (AvgIpc) is 2.03. The molecule has 0 N–H and O–H groups in total. The predicted molar refractivity (Wildman–Crippen MR) is 62.8 cm³/mol. The molecule has 13 heavy (non-hydrogen) atoms. The first-order valence-electron chi connectivity index (χ1n) is 4.30. The lowest BCUT2D eigenvalue weighted by Gasteiger charge is -2.20. The minimum atomic E-state index is -0.105. The quantitative estimate of drug-likeness (QED) is 0.541. The highest BCUT2D eigenvalue weighted by Gasteiger charge is 2.18. The third-order valence-corrected chi connectivity index (χ3v) is 2.87. The minimum absolute atomic E-state index is 0.0962. The van der Waals surface area contributed by atoms with Crippen molar-refractivity contribution < 1.29 is 4.39 Å². The normalized spacial score (nSPS) is 11.8. The van der Waals surface area contributed by atoms with Gasteiger partial charge in [0.2, 0.25) is 0 Å². The van der Waals surface area contributed by atoms with Crippen molar-refractivity contribution in [2.24, 2.45) is 0 Å². The van der Waals surface area contributed by atoms with Crippen molar-refractivity contribution >= 4 is 22.6 Å². The Morgan fingerprint density at radius 3 is 2.38 bits per heavy atom. The molecule has 0 aliphatic carbocycles. The van der Waals surface area contributed by atoms with Gasteiger partial charge in [0.25, 0.3) is 0 Å². The highest BCUT2D eigenvalue weighted by atomic mass is 127. The second kappa shape index (κ2) is 3.95. The fourth-order valence-electron chi connectivity index (χ4n) is 1.23. The number of hydrogen-bond donors (Lipinski definition) is 0. The lowest BCUT2D eigenvalue weighted by molar-refractivity contribution is 0.522. The molecule has 1 rings (SSSR count). The number of benzene rings is 1. The van der Waals surface area contributed by atoms with Crippen molar-refractivity contribution in [2.45, 2.75) is 30.6 Å². The van der Waals surface area contributed by atoms with E-state index < -0.39 is 0 Å². The van der Waals surface area contributed by atoms with Crippen LogP contribution >= 0.6 is 22.6 Å². The standard InChI is InChI=1S/C11H14FI/c1-11(2,3)9-6-8(7-13)4-5-10(9)12/h4-6H,7H2,1-3H3. The van der Waals surface area contributed by atoms with Crippen LogP contribution in [0.2, 0.25) is 0 Å². The number of alkyl halides is 1. The molecular formula is C11H14FI. The summed E-state index contributed by atoms with van der Waals surface area (Å²) in [6.07, 6.45) is 0. The molecule has 72 valence electrons. The molecule has 0 atom stereocenters. The van der Waals surface area contributed by atoms with Crippen LogP contribution in [0.25, 0.3) is 0 Å². The molecule has 0 spiro atoms. The van der Waals surface area contributed by atoms with Crippen LogP contribution in [-0.4, -0.2) is 0 Å². The van der Waals surface area contributed by atoms with Gasteiger partial charge < -0.3 is 0 Å². The van der Waals surface area contributed by atoms with Gasteiger partial charge in [0, 0.05) is 4.43 Å². The van der Waals surface area contributed by atoms with Crippen LogP contribution in [-0.2, 0) is 9.84 Å². The van der Waals surface area contributed by atoms with Crippen molar-refractivity contribution in [3.63, 3.8) is 0 Å². The Labute approximate surface area is 92.7 Å². The van der Waals surface area contributed by atoms with Crippen LogP contribution in [0, 0.1) is 5.82 Å². The summed E-state index contributed by atoms with van der Waals surface area (Å²) in [7, 11) is 0. The molecule has 0 fully saturated rings. The number of halogens is 2. The fraction of sp³-hybridized carbons (Fsp3) is 0.455. The zero-order valence-corrected chi connectivity index (χ0v) is 10.4. The zero-order valence-electron chi connectivity index (χ0n) is 8.20. The van der Waals surface area contributed by atoms with Gasteiger partial charge in [0.1, 0.15) is 5.82 Å². The molecule has 0 saturated heterocycles. The molecule has 0 amide bonds. The Balaban J connectivity index is 3.19. The Kier molecular flexibility index (Phi) is 3.33. The predicted octanol–water partition coefficient (Wildman–Crippen LogP) is 4.06. The van der Waals surface area contributed by atoms with Gasteiger partial charge in [-0.25, -0.2) is 4.39 Å². The van der Waals surface area contributed by atoms with Gasteiger partial charge in [-0.1, -0.05) is 55.5 Å². The topological polar surface area (TPSA) is 0 Å². The summed E-state index contributed by atoms with van der Waals surface area (Å²) in [4.78, 5) is 0. The van der Waals surface area contributed by atoms with E-state index in [4.69, 9.17) is 0 Å². The molecule has 0 bridgehead atoms. The van der Waals surface area contributed by atoms with Gasteiger partial charge in [0.05, 0.1) is 0 Å². The molecule has 0 nitrogen and oxygen atoms in total. The first-order valence-corrected chi connectivity index (χ1v) is 5.82. The number of rotatable bonds is 1. The van der Waals surface area contributed by atoms with Crippen molar-refractivity contribution in [2.75, 3.05) is 0 Å². The Morgan fingerprint density at radius 2 is 1.92 bits per heavy atom. The smallest absolute Gasteiger partial charge is 0.126 e. The monoisotopic (exact) mass is 292 g/mol. The Bertz CT molecular complexity index is 299. The van der Waals surface area contributed by atoms with Crippen LogP contribution in [0.3, 0.4) is 0 Å². The van der Waals surface area contributed by atoms with Gasteiger partial charge in [-0.05, 0) is 22.6 Å². The summed E-state index contributed by atoms with van der Waals surface area (Å²) >= 11 is 2.29. The van der Waals surface area contributed by atoms with Crippen molar-refractivity contribution in [1.82, 2.24) is 0 Å². The van der Waals surface area contributed by atoms with Crippen molar-refractivity contribution in [3.05, 3.63) is 35.1 Å². The summed E-state index contributed by atoms with van der Waals surface area (Å²) in [6, 6.07) is 5.37.